The molecule has 0 bridgehead atoms. The molecule has 0 unspecified atom stereocenters. The van der Waals surface area contributed by atoms with Crippen LogP contribution in [0.5, 0.6) is 0 Å². The van der Waals surface area contributed by atoms with Gasteiger partial charge < -0.3 is 9.64 Å². The van der Waals surface area contributed by atoms with Crippen molar-refractivity contribution >= 4 is 5.97 Å². The molecule has 0 rings (SSSR count). The number of nitrogens with zero attached hydrogens (tertiary/aromatic N) is 1. The fourth-order valence-corrected chi connectivity index (χ4v) is 1.13. The molecular weight excluding hydrogens is 178 g/mol. The molecule has 0 saturated heterocycles. The van der Waals surface area contributed by atoms with Crippen LogP contribution in [0.15, 0.2) is 12.2 Å². The van der Waals surface area contributed by atoms with Gasteiger partial charge in [0.15, 0.2) is 0 Å². The van der Waals surface area contributed by atoms with Gasteiger partial charge in [-0.1, -0.05) is 26.0 Å². The van der Waals surface area contributed by atoms with Crippen molar-refractivity contribution in [2.45, 2.75) is 26.7 Å². The highest BCUT2D eigenvalue weighted by Gasteiger charge is 1.96. The van der Waals surface area contributed by atoms with E-state index in [1.165, 1.54) is 7.11 Å². The highest BCUT2D eigenvalue weighted by atomic mass is 16.5. The fourth-order valence-electron chi connectivity index (χ4n) is 1.13. The topological polar surface area (TPSA) is 29.5 Å². The highest BCUT2D eigenvalue weighted by Crippen LogP contribution is 1.94. The van der Waals surface area contributed by atoms with Crippen LogP contribution in [0.2, 0.25) is 0 Å². The number of hydrogen-bond acceptors (Lipinski definition) is 3. The molecule has 0 saturated carbocycles. The Labute approximate surface area is 86.7 Å². The third-order valence-corrected chi connectivity index (χ3v) is 2.17. The summed E-state index contributed by atoms with van der Waals surface area (Å²) < 4.78 is 4.54. The van der Waals surface area contributed by atoms with Crippen molar-refractivity contribution in [1.82, 2.24) is 4.90 Å². The number of methoxy groups -OCH3 is 1. The van der Waals surface area contributed by atoms with Crippen molar-refractivity contribution in [2.24, 2.45) is 0 Å². The van der Waals surface area contributed by atoms with Crippen LogP contribution in [0.4, 0.5) is 0 Å². The molecule has 0 aromatic carbocycles. The van der Waals surface area contributed by atoms with Gasteiger partial charge in [0, 0.05) is 13.0 Å². The Hall–Kier alpha value is -0.830. The van der Waals surface area contributed by atoms with E-state index in [0.717, 1.165) is 26.1 Å². The van der Waals surface area contributed by atoms with Gasteiger partial charge >= 0.3 is 5.97 Å². The summed E-state index contributed by atoms with van der Waals surface area (Å²) in [6, 6.07) is 0. The number of hydrogen-bond donors (Lipinski definition) is 0. The summed E-state index contributed by atoms with van der Waals surface area (Å²) in [4.78, 5) is 13.1. The molecule has 0 atom stereocenters. The number of ether oxygens (including phenoxy) is 1. The molecule has 0 aromatic heterocycles. The lowest BCUT2D eigenvalue weighted by Crippen LogP contribution is -2.22. The lowest BCUT2D eigenvalue weighted by Gasteiger charge is -2.14. The second-order valence-electron chi connectivity index (χ2n) is 3.07. The zero-order valence-electron chi connectivity index (χ0n) is 9.45. The highest BCUT2D eigenvalue weighted by molar-refractivity contribution is 5.69. The molecule has 0 fully saturated rings. The van der Waals surface area contributed by atoms with Crippen LogP contribution in [0, 0.1) is 0 Å². The van der Waals surface area contributed by atoms with E-state index in [2.05, 4.69) is 29.6 Å². The number of rotatable bonds is 7. The second kappa shape index (κ2) is 8.75. The molecule has 0 N–H and O–H groups in total. The molecule has 0 radical (unpaired) electrons. The van der Waals surface area contributed by atoms with Gasteiger partial charge in [-0.2, -0.15) is 0 Å². The number of carbonyl (C=O) groups excluding carboxylic acids is 1. The van der Waals surface area contributed by atoms with Gasteiger partial charge in [0.25, 0.3) is 0 Å². The Kier molecular flexibility index (Phi) is 8.24. The molecule has 0 heterocycles. The van der Waals surface area contributed by atoms with Crippen LogP contribution in [0.1, 0.15) is 26.7 Å². The maximum Gasteiger partial charge on any atom is 0.305 e. The number of allylic oxidation sites excluding steroid dienone is 1. The van der Waals surface area contributed by atoms with E-state index in [4.69, 9.17) is 0 Å². The van der Waals surface area contributed by atoms with Gasteiger partial charge in [0.05, 0.1) is 7.11 Å². The van der Waals surface area contributed by atoms with E-state index >= 15 is 0 Å². The third kappa shape index (κ3) is 6.66. The van der Waals surface area contributed by atoms with Crippen LogP contribution in [-0.4, -0.2) is 37.6 Å². The largest absolute Gasteiger partial charge is 0.469 e. The first-order valence-corrected chi connectivity index (χ1v) is 5.18. The van der Waals surface area contributed by atoms with Crippen LogP contribution in [0.3, 0.4) is 0 Å². The summed E-state index contributed by atoms with van der Waals surface area (Å²) in [6.07, 6.45) is 5.39. The SMILES string of the molecule is CCN(CC)CC=CCCC(=O)OC. The Morgan fingerprint density at radius 1 is 1.29 bits per heavy atom. The van der Waals surface area contributed by atoms with Crippen LogP contribution in [0.25, 0.3) is 0 Å². The van der Waals surface area contributed by atoms with E-state index in [1.54, 1.807) is 0 Å². The van der Waals surface area contributed by atoms with Crippen molar-refractivity contribution in [2.75, 3.05) is 26.7 Å². The first kappa shape index (κ1) is 13.2. The standard InChI is InChI=1S/C11H21NO2/c1-4-12(5-2)10-8-6-7-9-11(13)14-3/h6,8H,4-5,7,9-10H2,1-3H3. The predicted octanol–water partition coefficient (Wildman–Crippen LogP) is 1.84. The van der Waals surface area contributed by atoms with Gasteiger partial charge in [-0.25, -0.2) is 0 Å². The van der Waals surface area contributed by atoms with Gasteiger partial charge in [-0.3, -0.25) is 4.79 Å². The summed E-state index contributed by atoms with van der Waals surface area (Å²) in [7, 11) is 1.42. The zero-order valence-corrected chi connectivity index (χ0v) is 9.45. The first-order chi connectivity index (χ1) is 6.74. The van der Waals surface area contributed by atoms with Crippen LogP contribution < -0.4 is 0 Å². The quantitative estimate of drug-likeness (QED) is 0.463. The Balaban J connectivity index is 3.48. The Morgan fingerprint density at radius 2 is 1.93 bits per heavy atom. The molecular formula is C11H21NO2. The molecule has 0 amide bonds. The minimum Gasteiger partial charge on any atom is -0.469 e. The normalized spacial score (nSPS) is 11.1. The minimum absolute atomic E-state index is 0.141. The maximum atomic E-state index is 10.8. The zero-order chi connectivity index (χ0) is 10.8. The molecule has 0 aliphatic rings. The number of likely N-dealkylation sites (N-methyl/N-ethyl adjacent to an activating group) is 1. The van der Waals surface area contributed by atoms with Gasteiger partial charge in [0.2, 0.25) is 0 Å². The van der Waals surface area contributed by atoms with E-state index in [9.17, 15) is 4.79 Å². The van der Waals surface area contributed by atoms with Crippen molar-refractivity contribution in [3.8, 4) is 0 Å². The summed E-state index contributed by atoms with van der Waals surface area (Å²) >= 11 is 0. The summed E-state index contributed by atoms with van der Waals surface area (Å²) in [6.45, 7) is 7.39. The fraction of sp³-hybridized carbons (Fsp3) is 0.727. The van der Waals surface area contributed by atoms with Gasteiger partial charge in [0.1, 0.15) is 0 Å². The Bertz CT molecular complexity index is 174. The predicted molar refractivity (Wildman–Crippen MR) is 58.2 cm³/mol. The van der Waals surface area contributed by atoms with Crippen molar-refractivity contribution < 1.29 is 9.53 Å². The van der Waals surface area contributed by atoms with E-state index < -0.39 is 0 Å². The number of carbonyl (C=O) groups is 1. The van der Waals surface area contributed by atoms with E-state index in [1.807, 2.05) is 6.08 Å². The monoisotopic (exact) mass is 199 g/mol. The average molecular weight is 199 g/mol. The van der Waals surface area contributed by atoms with Crippen molar-refractivity contribution in [3.05, 3.63) is 12.2 Å². The van der Waals surface area contributed by atoms with Crippen molar-refractivity contribution in [3.63, 3.8) is 0 Å². The van der Waals surface area contributed by atoms with Gasteiger partial charge in [-0.15, -0.1) is 0 Å². The number of esters is 1. The molecule has 0 aromatic rings. The minimum atomic E-state index is -0.141. The lowest BCUT2D eigenvalue weighted by atomic mass is 10.3. The molecule has 3 nitrogen and oxygen atoms in total. The smallest absolute Gasteiger partial charge is 0.305 e. The molecule has 0 aliphatic heterocycles. The maximum absolute atomic E-state index is 10.8. The first-order valence-electron chi connectivity index (χ1n) is 5.18. The van der Waals surface area contributed by atoms with Crippen LogP contribution >= 0.6 is 0 Å². The second-order valence-corrected chi connectivity index (χ2v) is 3.07. The third-order valence-electron chi connectivity index (χ3n) is 2.17. The van der Waals surface area contributed by atoms with Gasteiger partial charge in [-0.05, 0) is 19.5 Å². The summed E-state index contributed by atoms with van der Waals surface area (Å²) in [5, 5.41) is 0. The molecule has 82 valence electrons. The molecule has 0 spiro atoms. The van der Waals surface area contributed by atoms with Crippen LogP contribution in [-0.2, 0) is 9.53 Å². The average Bonchev–Trinajstić information content (AvgIpc) is 2.23. The van der Waals surface area contributed by atoms with E-state index in [-0.39, 0.29) is 5.97 Å². The summed E-state index contributed by atoms with van der Waals surface area (Å²) in [5.74, 6) is -0.141. The lowest BCUT2D eigenvalue weighted by molar-refractivity contribution is -0.140. The molecule has 0 aliphatic carbocycles. The molecule has 3 heteroatoms. The summed E-state index contributed by atoms with van der Waals surface area (Å²) in [5.41, 5.74) is 0. The van der Waals surface area contributed by atoms with E-state index in [0.29, 0.717) is 6.42 Å². The molecule has 14 heavy (non-hydrogen) atoms. The van der Waals surface area contributed by atoms with Crippen molar-refractivity contribution in [1.29, 1.82) is 0 Å². The Morgan fingerprint density at radius 3 is 2.43 bits per heavy atom.